The molecule has 0 aliphatic carbocycles. The van der Waals surface area contributed by atoms with Crippen LogP contribution in [0.5, 0.6) is 0 Å². The van der Waals surface area contributed by atoms with Crippen molar-refractivity contribution in [1.29, 1.82) is 0 Å². The second-order valence-corrected chi connectivity index (χ2v) is 6.11. The highest BCUT2D eigenvalue weighted by Gasteiger charge is 2.32. The van der Waals surface area contributed by atoms with Gasteiger partial charge in [0.25, 0.3) is 0 Å². The van der Waals surface area contributed by atoms with Crippen molar-refractivity contribution in [3.05, 3.63) is 3.95 Å². The predicted octanol–water partition coefficient (Wildman–Crippen LogP) is 2.20. The molecule has 0 radical (unpaired) electrons. The molecule has 84 valence electrons. The number of hydrogen-bond acceptors (Lipinski definition) is 5. The van der Waals surface area contributed by atoms with Gasteiger partial charge in [0.05, 0.1) is 11.7 Å². The van der Waals surface area contributed by atoms with Crippen molar-refractivity contribution in [3.63, 3.8) is 0 Å². The topological polar surface area (TPSA) is 41.2 Å². The fourth-order valence-corrected chi connectivity index (χ4v) is 2.84. The molecule has 6 heteroatoms. The zero-order chi connectivity index (χ0) is 11.1. The molecule has 1 aliphatic rings. The summed E-state index contributed by atoms with van der Waals surface area (Å²) in [6, 6.07) is 0. The largest absolute Gasteiger partial charge is 0.369 e. The molecule has 1 fully saturated rings. The Balaban J connectivity index is 2.19. The van der Waals surface area contributed by atoms with Crippen LogP contribution in [0.3, 0.4) is 0 Å². The summed E-state index contributed by atoms with van der Waals surface area (Å²) in [5.41, 5.74) is -0.120. The molecule has 1 saturated heterocycles. The van der Waals surface area contributed by atoms with Gasteiger partial charge in [-0.1, -0.05) is 11.3 Å². The Hall–Kier alpha value is -0.460. The van der Waals surface area contributed by atoms with E-state index in [1.165, 1.54) is 11.3 Å². The van der Waals surface area contributed by atoms with Gasteiger partial charge < -0.3 is 9.64 Å². The highest BCUT2D eigenvalue weighted by Crippen LogP contribution is 2.26. The highest BCUT2D eigenvalue weighted by molar-refractivity contribution is 7.73. The molecule has 0 saturated carbocycles. The van der Waals surface area contributed by atoms with Crippen LogP contribution in [-0.2, 0) is 4.74 Å². The van der Waals surface area contributed by atoms with Gasteiger partial charge >= 0.3 is 0 Å². The van der Waals surface area contributed by atoms with E-state index in [0.717, 1.165) is 22.2 Å². The summed E-state index contributed by atoms with van der Waals surface area (Å²) in [5, 5.41) is 7.97. The van der Waals surface area contributed by atoms with E-state index in [4.69, 9.17) is 17.0 Å². The Morgan fingerprint density at radius 3 is 2.93 bits per heavy atom. The van der Waals surface area contributed by atoms with E-state index in [0.29, 0.717) is 0 Å². The summed E-state index contributed by atoms with van der Waals surface area (Å²) in [5.74, 6) is 0. The quantitative estimate of drug-likeness (QED) is 0.770. The number of morpholine rings is 1. The molecule has 1 aliphatic heterocycles. The minimum absolute atomic E-state index is 0.120. The zero-order valence-corrected chi connectivity index (χ0v) is 10.7. The van der Waals surface area contributed by atoms with Gasteiger partial charge in [0.1, 0.15) is 0 Å². The molecule has 0 bridgehead atoms. The first kappa shape index (κ1) is 11.0. The molecule has 1 atom stereocenters. The van der Waals surface area contributed by atoms with Crippen LogP contribution in [0, 0.1) is 3.95 Å². The number of anilines is 1. The average molecular weight is 245 g/mol. The van der Waals surface area contributed by atoms with E-state index < -0.39 is 0 Å². The molecule has 15 heavy (non-hydrogen) atoms. The summed E-state index contributed by atoms with van der Waals surface area (Å²) in [6.07, 6.45) is 0.228. The SMILES string of the molecule is CC1CN(c2n[nH]c(=S)s2)CC(C)(C)O1. The molecule has 0 spiro atoms. The number of ether oxygens (including phenoxy) is 1. The molecule has 4 nitrogen and oxygen atoms in total. The monoisotopic (exact) mass is 245 g/mol. The minimum atomic E-state index is -0.120. The first-order valence-electron chi connectivity index (χ1n) is 4.94. The number of rotatable bonds is 1. The second kappa shape index (κ2) is 3.84. The summed E-state index contributed by atoms with van der Waals surface area (Å²) in [6.45, 7) is 8.01. The van der Waals surface area contributed by atoms with Crippen LogP contribution >= 0.6 is 23.6 Å². The van der Waals surface area contributed by atoms with Gasteiger partial charge in [-0.3, -0.25) is 5.10 Å². The third-order valence-electron chi connectivity index (χ3n) is 2.27. The van der Waals surface area contributed by atoms with E-state index in [2.05, 4.69) is 35.9 Å². The van der Waals surface area contributed by atoms with Crippen molar-refractivity contribution in [3.8, 4) is 0 Å². The van der Waals surface area contributed by atoms with E-state index >= 15 is 0 Å². The van der Waals surface area contributed by atoms with Crippen LogP contribution in [0.4, 0.5) is 5.13 Å². The van der Waals surface area contributed by atoms with Gasteiger partial charge in [-0.2, -0.15) is 0 Å². The van der Waals surface area contributed by atoms with Crippen molar-refractivity contribution >= 4 is 28.7 Å². The van der Waals surface area contributed by atoms with E-state index in [-0.39, 0.29) is 11.7 Å². The molecule has 1 aromatic heterocycles. The van der Waals surface area contributed by atoms with Crippen LogP contribution in [-0.4, -0.2) is 35.0 Å². The molecular weight excluding hydrogens is 230 g/mol. The number of nitrogens with zero attached hydrogens (tertiary/aromatic N) is 2. The van der Waals surface area contributed by atoms with Crippen molar-refractivity contribution in [2.45, 2.75) is 32.5 Å². The second-order valence-electron chi connectivity index (χ2n) is 4.46. The zero-order valence-electron chi connectivity index (χ0n) is 9.11. The van der Waals surface area contributed by atoms with E-state index in [1.54, 1.807) is 0 Å². The van der Waals surface area contributed by atoms with Gasteiger partial charge in [0.15, 0.2) is 3.95 Å². The van der Waals surface area contributed by atoms with Gasteiger partial charge in [0.2, 0.25) is 5.13 Å². The van der Waals surface area contributed by atoms with Crippen LogP contribution < -0.4 is 4.90 Å². The first-order valence-corrected chi connectivity index (χ1v) is 6.17. The standard InChI is InChI=1S/C9H15N3OS2/c1-6-4-12(5-9(2,3)13-6)7-10-11-8(14)15-7/h6H,4-5H2,1-3H3,(H,11,14). The maximum absolute atomic E-state index is 5.83. The number of aromatic amines is 1. The Morgan fingerprint density at radius 1 is 1.67 bits per heavy atom. The molecular formula is C9H15N3OS2. The normalized spacial score (nSPS) is 25.5. The van der Waals surface area contributed by atoms with E-state index in [9.17, 15) is 0 Å². The Labute approximate surface area is 98.3 Å². The predicted molar refractivity (Wildman–Crippen MR) is 64.1 cm³/mol. The summed E-state index contributed by atoms with van der Waals surface area (Å²) in [7, 11) is 0. The lowest BCUT2D eigenvalue weighted by Crippen LogP contribution is -2.52. The number of nitrogens with one attached hydrogen (secondary N) is 1. The summed E-state index contributed by atoms with van der Waals surface area (Å²) in [4.78, 5) is 2.23. The maximum Gasteiger partial charge on any atom is 0.207 e. The fourth-order valence-electron chi connectivity index (χ4n) is 1.96. The molecule has 1 unspecified atom stereocenters. The van der Waals surface area contributed by atoms with E-state index in [1.807, 2.05) is 0 Å². The van der Waals surface area contributed by atoms with Crippen LogP contribution in [0.15, 0.2) is 0 Å². The maximum atomic E-state index is 5.83. The fraction of sp³-hybridized carbons (Fsp3) is 0.778. The van der Waals surface area contributed by atoms with Crippen LogP contribution in [0.25, 0.3) is 0 Å². The Kier molecular flexibility index (Phi) is 2.83. The molecule has 1 N–H and O–H groups in total. The lowest BCUT2D eigenvalue weighted by Gasteiger charge is -2.41. The summed E-state index contributed by atoms with van der Waals surface area (Å²) < 4.78 is 6.56. The average Bonchev–Trinajstić information content (AvgIpc) is 2.48. The highest BCUT2D eigenvalue weighted by atomic mass is 32.1. The van der Waals surface area contributed by atoms with Gasteiger partial charge in [-0.25, -0.2) is 0 Å². The lowest BCUT2D eigenvalue weighted by molar-refractivity contribution is -0.0750. The van der Waals surface area contributed by atoms with Gasteiger partial charge in [-0.15, -0.1) is 5.10 Å². The molecule has 0 aromatic carbocycles. The molecule has 0 amide bonds. The Morgan fingerprint density at radius 2 is 2.40 bits per heavy atom. The van der Waals surface area contributed by atoms with Crippen LogP contribution in [0.1, 0.15) is 20.8 Å². The number of H-pyrrole nitrogens is 1. The van der Waals surface area contributed by atoms with Crippen molar-refractivity contribution in [2.24, 2.45) is 0 Å². The lowest BCUT2D eigenvalue weighted by atomic mass is 10.1. The minimum Gasteiger partial charge on any atom is -0.369 e. The third-order valence-corrected chi connectivity index (χ3v) is 3.42. The van der Waals surface area contributed by atoms with Crippen LogP contribution in [0.2, 0.25) is 0 Å². The molecule has 2 heterocycles. The number of aromatic nitrogens is 2. The molecule has 2 rings (SSSR count). The van der Waals surface area contributed by atoms with Gasteiger partial charge in [-0.05, 0) is 33.0 Å². The summed E-state index contributed by atoms with van der Waals surface area (Å²) >= 11 is 6.55. The smallest absolute Gasteiger partial charge is 0.207 e. The van der Waals surface area contributed by atoms with Crippen molar-refractivity contribution in [2.75, 3.05) is 18.0 Å². The molecule has 1 aromatic rings. The Bertz CT molecular complexity index is 398. The van der Waals surface area contributed by atoms with Crippen molar-refractivity contribution < 1.29 is 4.74 Å². The first-order chi connectivity index (χ1) is 6.96. The van der Waals surface area contributed by atoms with Gasteiger partial charge in [0, 0.05) is 13.1 Å². The number of hydrogen-bond donors (Lipinski definition) is 1. The van der Waals surface area contributed by atoms with Crippen molar-refractivity contribution in [1.82, 2.24) is 10.2 Å². The third kappa shape index (κ3) is 2.56.